The van der Waals surface area contributed by atoms with E-state index in [0.29, 0.717) is 12.2 Å². The monoisotopic (exact) mass is 225 g/mol. The van der Waals surface area contributed by atoms with Gasteiger partial charge in [0, 0.05) is 11.3 Å². The van der Waals surface area contributed by atoms with Crippen LogP contribution in [-0.4, -0.2) is 21.9 Å². The molecule has 2 rings (SSSR count). The number of hydrogen-bond acceptors (Lipinski definition) is 6. The molecule has 0 bridgehead atoms. The van der Waals surface area contributed by atoms with Crippen LogP contribution >= 0.6 is 11.3 Å². The Hall–Kier alpha value is -1.24. The van der Waals surface area contributed by atoms with Crippen molar-refractivity contribution in [1.29, 1.82) is 0 Å². The molecule has 0 aliphatic heterocycles. The highest BCUT2D eigenvalue weighted by Crippen LogP contribution is 2.14. The first-order valence-corrected chi connectivity index (χ1v) is 5.39. The fraction of sp³-hybridized carbons (Fsp3) is 0.333. The van der Waals surface area contributed by atoms with E-state index in [4.69, 9.17) is 15.4 Å². The number of aliphatic hydroxyl groups is 1. The molecular formula is C9H11N3O2S. The lowest BCUT2D eigenvalue weighted by atomic mass is 10.3. The molecule has 6 heteroatoms. The van der Waals surface area contributed by atoms with E-state index in [9.17, 15) is 0 Å². The van der Waals surface area contributed by atoms with Crippen LogP contribution in [0.25, 0.3) is 0 Å². The number of rotatable bonds is 4. The number of hydrogen-bond donors (Lipinski definition) is 2. The zero-order chi connectivity index (χ0) is 10.7. The summed E-state index contributed by atoms with van der Waals surface area (Å²) in [6.07, 6.45) is 0.638. The zero-order valence-corrected chi connectivity index (χ0v) is 8.78. The Kier molecular flexibility index (Phi) is 3.10. The maximum atomic E-state index is 8.80. The number of aromatic nitrogens is 2. The van der Waals surface area contributed by atoms with Gasteiger partial charge in [-0.15, -0.1) is 11.3 Å². The lowest BCUT2D eigenvalue weighted by Gasteiger charge is -1.98. The Labute approximate surface area is 90.5 Å². The van der Waals surface area contributed by atoms with Crippen LogP contribution in [-0.2, 0) is 6.42 Å². The van der Waals surface area contributed by atoms with Crippen molar-refractivity contribution in [2.24, 2.45) is 5.73 Å². The maximum absolute atomic E-state index is 8.80. The number of thiophene rings is 1. The highest BCUT2D eigenvalue weighted by Gasteiger charge is 2.13. The van der Waals surface area contributed by atoms with E-state index >= 15 is 0 Å². The van der Waals surface area contributed by atoms with Gasteiger partial charge >= 0.3 is 0 Å². The van der Waals surface area contributed by atoms with E-state index in [0.717, 1.165) is 0 Å². The fourth-order valence-corrected chi connectivity index (χ4v) is 1.84. The second kappa shape index (κ2) is 4.52. The third-order valence-electron chi connectivity index (χ3n) is 1.91. The summed E-state index contributed by atoms with van der Waals surface area (Å²) in [6, 6.07) is 3.39. The van der Waals surface area contributed by atoms with Crippen LogP contribution in [0, 0.1) is 0 Å². The summed E-state index contributed by atoms with van der Waals surface area (Å²) in [5.74, 6) is 0.875. The molecule has 2 aromatic rings. The van der Waals surface area contributed by atoms with Gasteiger partial charge in [-0.2, -0.15) is 4.98 Å². The Balaban J connectivity index is 2.07. The third kappa shape index (κ3) is 2.41. The predicted molar refractivity (Wildman–Crippen MR) is 55.4 cm³/mol. The Morgan fingerprint density at radius 2 is 2.47 bits per heavy atom. The van der Waals surface area contributed by atoms with Crippen LogP contribution in [0.5, 0.6) is 0 Å². The molecule has 2 heterocycles. The van der Waals surface area contributed by atoms with Gasteiger partial charge in [0.1, 0.15) is 6.04 Å². The van der Waals surface area contributed by atoms with Gasteiger partial charge in [0.05, 0.1) is 6.61 Å². The van der Waals surface area contributed by atoms with Gasteiger partial charge < -0.3 is 15.4 Å². The molecule has 80 valence electrons. The topological polar surface area (TPSA) is 85.2 Å². The van der Waals surface area contributed by atoms with E-state index in [-0.39, 0.29) is 12.5 Å². The Morgan fingerprint density at radius 1 is 1.60 bits per heavy atom. The predicted octanol–water partition coefficient (Wildman–Crippen LogP) is 0.714. The van der Waals surface area contributed by atoms with Crippen molar-refractivity contribution in [2.45, 2.75) is 12.5 Å². The van der Waals surface area contributed by atoms with Gasteiger partial charge in [-0.25, -0.2) is 0 Å². The first kappa shape index (κ1) is 10.3. The van der Waals surface area contributed by atoms with Crippen molar-refractivity contribution < 1.29 is 9.63 Å². The van der Waals surface area contributed by atoms with Crippen LogP contribution in [0.15, 0.2) is 22.0 Å². The standard InChI is InChI=1S/C9H11N3O2S/c10-7(5-13)9-11-8(12-14-9)4-6-2-1-3-15-6/h1-3,7,13H,4-5,10H2. The summed E-state index contributed by atoms with van der Waals surface area (Å²) >= 11 is 1.64. The van der Waals surface area contributed by atoms with E-state index in [1.807, 2.05) is 17.5 Å². The molecule has 0 aliphatic rings. The smallest absolute Gasteiger partial charge is 0.245 e. The molecule has 2 aromatic heterocycles. The summed E-state index contributed by atoms with van der Waals surface area (Å²) < 4.78 is 4.92. The van der Waals surface area contributed by atoms with Gasteiger partial charge in [0.15, 0.2) is 5.82 Å². The number of nitrogens with zero attached hydrogens (tertiary/aromatic N) is 2. The van der Waals surface area contributed by atoms with Crippen LogP contribution in [0.3, 0.4) is 0 Å². The first-order chi connectivity index (χ1) is 7.29. The molecule has 0 aliphatic carbocycles. The van der Waals surface area contributed by atoms with Crippen LogP contribution in [0.4, 0.5) is 0 Å². The van der Waals surface area contributed by atoms with Crippen LogP contribution < -0.4 is 5.73 Å². The van der Waals surface area contributed by atoms with E-state index < -0.39 is 6.04 Å². The van der Waals surface area contributed by atoms with E-state index in [2.05, 4.69) is 10.1 Å². The summed E-state index contributed by atoms with van der Waals surface area (Å²) in [4.78, 5) is 5.27. The van der Waals surface area contributed by atoms with Crippen molar-refractivity contribution in [3.63, 3.8) is 0 Å². The Morgan fingerprint density at radius 3 is 3.13 bits per heavy atom. The minimum atomic E-state index is -0.588. The molecule has 3 N–H and O–H groups in total. The second-order valence-electron chi connectivity index (χ2n) is 3.09. The molecule has 1 atom stereocenters. The normalized spacial score (nSPS) is 12.9. The van der Waals surface area contributed by atoms with Gasteiger partial charge in [0.25, 0.3) is 0 Å². The largest absolute Gasteiger partial charge is 0.394 e. The van der Waals surface area contributed by atoms with Crippen molar-refractivity contribution >= 4 is 11.3 Å². The molecule has 0 saturated heterocycles. The minimum absolute atomic E-state index is 0.194. The lowest BCUT2D eigenvalue weighted by molar-refractivity contribution is 0.236. The van der Waals surface area contributed by atoms with Crippen molar-refractivity contribution in [2.75, 3.05) is 6.61 Å². The molecular weight excluding hydrogens is 214 g/mol. The maximum Gasteiger partial charge on any atom is 0.245 e. The number of aliphatic hydroxyl groups excluding tert-OH is 1. The summed E-state index contributed by atoms with van der Waals surface area (Å²) in [5.41, 5.74) is 5.54. The zero-order valence-electron chi connectivity index (χ0n) is 7.96. The van der Waals surface area contributed by atoms with Crippen LogP contribution in [0.1, 0.15) is 22.6 Å². The summed E-state index contributed by atoms with van der Waals surface area (Å²) in [5, 5.41) is 14.6. The van der Waals surface area contributed by atoms with E-state index in [1.165, 1.54) is 4.88 Å². The molecule has 0 fully saturated rings. The highest BCUT2D eigenvalue weighted by atomic mass is 32.1. The molecule has 5 nitrogen and oxygen atoms in total. The van der Waals surface area contributed by atoms with E-state index in [1.54, 1.807) is 11.3 Å². The van der Waals surface area contributed by atoms with Gasteiger partial charge in [-0.05, 0) is 11.4 Å². The fourth-order valence-electron chi connectivity index (χ4n) is 1.14. The van der Waals surface area contributed by atoms with Gasteiger partial charge in [0.2, 0.25) is 5.89 Å². The average Bonchev–Trinajstić information content (AvgIpc) is 2.88. The SMILES string of the molecule is NC(CO)c1nc(Cc2cccs2)no1. The van der Waals surface area contributed by atoms with Gasteiger partial charge in [-0.1, -0.05) is 11.2 Å². The first-order valence-electron chi connectivity index (χ1n) is 4.51. The molecule has 0 amide bonds. The van der Waals surface area contributed by atoms with Crippen molar-refractivity contribution in [3.8, 4) is 0 Å². The molecule has 0 aromatic carbocycles. The average molecular weight is 225 g/mol. The Bertz CT molecular complexity index is 413. The molecule has 0 spiro atoms. The lowest BCUT2D eigenvalue weighted by Crippen LogP contribution is -2.14. The van der Waals surface area contributed by atoms with Crippen molar-refractivity contribution in [3.05, 3.63) is 34.1 Å². The molecule has 0 radical (unpaired) electrons. The summed E-state index contributed by atoms with van der Waals surface area (Å²) in [6.45, 7) is -0.194. The quantitative estimate of drug-likeness (QED) is 0.800. The summed E-state index contributed by atoms with van der Waals surface area (Å²) in [7, 11) is 0. The third-order valence-corrected chi connectivity index (χ3v) is 2.79. The van der Waals surface area contributed by atoms with Crippen LogP contribution in [0.2, 0.25) is 0 Å². The second-order valence-corrected chi connectivity index (χ2v) is 4.13. The highest BCUT2D eigenvalue weighted by molar-refractivity contribution is 7.09. The molecule has 0 saturated carbocycles. The minimum Gasteiger partial charge on any atom is -0.394 e. The molecule has 1 unspecified atom stereocenters. The van der Waals surface area contributed by atoms with Crippen molar-refractivity contribution in [1.82, 2.24) is 10.1 Å². The van der Waals surface area contributed by atoms with Gasteiger partial charge in [-0.3, -0.25) is 0 Å². The number of nitrogens with two attached hydrogens (primary N) is 1. The molecule has 15 heavy (non-hydrogen) atoms.